The Morgan fingerprint density at radius 1 is 1.32 bits per heavy atom. The summed E-state index contributed by atoms with van der Waals surface area (Å²) in [5, 5.41) is 3.31. The van der Waals surface area contributed by atoms with Crippen LogP contribution in [-0.2, 0) is 13.6 Å². The maximum absolute atomic E-state index is 11.7. The van der Waals surface area contributed by atoms with E-state index in [1.165, 1.54) is 0 Å². The number of Topliss-reactive ketones (excluding diaryl/α,β-unsaturated/α-hetero) is 1. The van der Waals surface area contributed by atoms with Crippen molar-refractivity contribution in [3.05, 3.63) is 48.0 Å². The highest BCUT2D eigenvalue weighted by Crippen LogP contribution is 2.13. The van der Waals surface area contributed by atoms with Crippen LogP contribution in [0.5, 0.6) is 0 Å². The van der Waals surface area contributed by atoms with Crippen LogP contribution in [0.15, 0.2) is 36.8 Å². The molecule has 1 N–H and O–H groups in total. The van der Waals surface area contributed by atoms with Crippen molar-refractivity contribution >= 4 is 11.5 Å². The molecule has 19 heavy (non-hydrogen) atoms. The minimum Gasteiger partial charge on any atom is -0.379 e. The monoisotopic (exact) mass is 257 g/mol. The summed E-state index contributed by atoms with van der Waals surface area (Å²) in [4.78, 5) is 15.8. The van der Waals surface area contributed by atoms with Crippen LogP contribution in [0.3, 0.4) is 0 Å². The van der Waals surface area contributed by atoms with Gasteiger partial charge in [-0.05, 0) is 30.7 Å². The molecule has 100 valence electrons. The molecule has 0 aliphatic heterocycles. The zero-order valence-corrected chi connectivity index (χ0v) is 11.4. The van der Waals surface area contributed by atoms with E-state index in [2.05, 4.69) is 10.3 Å². The van der Waals surface area contributed by atoms with Gasteiger partial charge in [0.2, 0.25) is 0 Å². The summed E-state index contributed by atoms with van der Waals surface area (Å²) in [5.41, 5.74) is 2.91. The van der Waals surface area contributed by atoms with Crippen LogP contribution in [-0.4, -0.2) is 15.3 Å². The Kier molecular flexibility index (Phi) is 4.34. The molecule has 4 nitrogen and oxygen atoms in total. The summed E-state index contributed by atoms with van der Waals surface area (Å²) >= 11 is 0. The summed E-state index contributed by atoms with van der Waals surface area (Å²) in [6.07, 6.45) is 5.12. The van der Waals surface area contributed by atoms with Crippen molar-refractivity contribution in [1.82, 2.24) is 9.55 Å². The van der Waals surface area contributed by atoms with E-state index in [1.807, 2.05) is 49.0 Å². The summed E-state index contributed by atoms with van der Waals surface area (Å²) in [7, 11) is 1.97. The zero-order valence-electron chi connectivity index (χ0n) is 11.4. The standard InChI is InChI=1S/C15H19N3O/c1-3-4-15(19)12-5-7-13(8-6-12)17-10-14-9-16-11-18(14)2/h5-9,11,17H,3-4,10H2,1-2H3. The number of nitrogens with zero attached hydrogens (tertiary/aromatic N) is 2. The molecular formula is C15H19N3O. The van der Waals surface area contributed by atoms with Crippen molar-refractivity contribution in [2.45, 2.75) is 26.3 Å². The molecular weight excluding hydrogens is 238 g/mol. The molecule has 0 radical (unpaired) electrons. The second-order valence-electron chi connectivity index (χ2n) is 4.60. The first kappa shape index (κ1) is 13.3. The summed E-state index contributed by atoms with van der Waals surface area (Å²) in [6, 6.07) is 7.64. The number of hydrogen-bond acceptors (Lipinski definition) is 3. The molecule has 4 heteroatoms. The van der Waals surface area contributed by atoms with E-state index in [9.17, 15) is 4.79 Å². The average molecular weight is 257 g/mol. The lowest BCUT2D eigenvalue weighted by molar-refractivity contribution is 0.0982. The van der Waals surface area contributed by atoms with Crippen LogP contribution in [0.4, 0.5) is 5.69 Å². The average Bonchev–Trinajstić information content (AvgIpc) is 2.83. The predicted molar refractivity (Wildman–Crippen MR) is 76.2 cm³/mol. The van der Waals surface area contributed by atoms with E-state index in [1.54, 1.807) is 6.33 Å². The van der Waals surface area contributed by atoms with Crippen molar-refractivity contribution in [3.63, 3.8) is 0 Å². The van der Waals surface area contributed by atoms with Gasteiger partial charge >= 0.3 is 0 Å². The summed E-state index contributed by atoms with van der Waals surface area (Å²) < 4.78 is 1.98. The third-order valence-electron chi connectivity index (χ3n) is 3.07. The molecule has 1 heterocycles. The van der Waals surface area contributed by atoms with Crippen LogP contribution in [0.2, 0.25) is 0 Å². The normalized spacial score (nSPS) is 10.4. The molecule has 0 unspecified atom stereocenters. The molecule has 0 aliphatic rings. The van der Waals surface area contributed by atoms with Crippen molar-refractivity contribution in [1.29, 1.82) is 0 Å². The van der Waals surface area contributed by atoms with Gasteiger partial charge in [0, 0.05) is 30.9 Å². The number of imidazole rings is 1. The first-order chi connectivity index (χ1) is 9.20. The van der Waals surface area contributed by atoms with Gasteiger partial charge in [-0.25, -0.2) is 4.98 Å². The maximum atomic E-state index is 11.7. The fourth-order valence-electron chi connectivity index (χ4n) is 1.89. The minimum atomic E-state index is 0.209. The van der Waals surface area contributed by atoms with Crippen molar-refractivity contribution in [3.8, 4) is 0 Å². The highest BCUT2D eigenvalue weighted by atomic mass is 16.1. The fraction of sp³-hybridized carbons (Fsp3) is 0.333. The smallest absolute Gasteiger partial charge is 0.162 e. The predicted octanol–water partition coefficient (Wildman–Crippen LogP) is 3.02. The second kappa shape index (κ2) is 6.18. The van der Waals surface area contributed by atoms with Crippen LogP contribution in [0.25, 0.3) is 0 Å². The van der Waals surface area contributed by atoms with Gasteiger partial charge in [-0.3, -0.25) is 4.79 Å². The Hall–Kier alpha value is -2.10. The number of rotatable bonds is 6. The number of nitrogens with one attached hydrogen (secondary N) is 1. The quantitative estimate of drug-likeness (QED) is 0.809. The third kappa shape index (κ3) is 3.44. The van der Waals surface area contributed by atoms with Gasteiger partial charge in [-0.1, -0.05) is 6.92 Å². The minimum absolute atomic E-state index is 0.209. The van der Waals surface area contributed by atoms with Crippen molar-refractivity contribution in [2.24, 2.45) is 7.05 Å². The Labute approximate surface area is 113 Å². The van der Waals surface area contributed by atoms with Gasteiger partial charge in [0.15, 0.2) is 5.78 Å². The van der Waals surface area contributed by atoms with Crippen molar-refractivity contribution in [2.75, 3.05) is 5.32 Å². The van der Waals surface area contributed by atoms with Crippen LogP contribution in [0, 0.1) is 0 Å². The molecule has 2 rings (SSSR count). The number of hydrogen-bond donors (Lipinski definition) is 1. The Morgan fingerprint density at radius 2 is 2.05 bits per heavy atom. The van der Waals surface area contributed by atoms with E-state index < -0.39 is 0 Å². The molecule has 0 spiro atoms. The summed E-state index contributed by atoms with van der Waals surface area (Å²) in [5.74, 6) is 0.209. The zero-order chi connectivity index (χ0) is 13.7. The first-order valence-corrected chi connectivity index (χ1v) is 6.53. The van der Waals surface area contributed by atoms with Gasteiger partial charge in [-0.2, -0.15) is 0 Å². The Morgan fingerprint density at radius 3 is 2.63 bits per heavy atom. The fourth-order valence-corrected chi connectivity index (χ4v) is 1.89. The molecule has 2 aromatic rings. The molecule has 0 atom stereocenters. The maximum Gasteiger partial charge on any atom is 0.162 e. The molecule has 0 saturated carbocycles. The van der Waals surface area contributed by atoms with Gasteiger partial charge in [-0.15, -0.1) is 0 Å². The van der Waals surface area contributed by atoms with Gasteiger partial charge in [0.05, 0.1) is 18.6 Å². The number of carbonyl (C=O) groups excluding carboxylic acids is 1. The number of aromatic nitrogens is 2. The van der Waals surface area contributed by atoms with E-state index in [4.69, 9.17) is 0 Å². The van der Waals surface area contributed by atoms with Crippen LogP contribution < -0.4 is 5.32 Å². The highest BCUT2D eigenvalue weighted by Gasteiger charge is 2.04. The topological polar surface area (TPSA) is 46.9 Å². The third-order valence-corrected chi connectivity index (χ3v) is 3.07. The second-order valence-corrected chi connectivity index (χ2v) is 4.60. The van der Waals surface area contributed by atoms with E-state index in [-0.39, 0.29) is 5.78 Å². The Bertz CT molecular complexity index is 543. The molecule has 0 saturated heterocycles. The molecule has 1 aromatic heterocycles. The van der Waals surface area contributed by atoms with E-state index in [0.29, 0.717) is 6.42 Å². The molecule has 1 aromatic carbocycles. The lowest BCUT2D eigenvalue weighted by Gasteiger charge is -2.07. The lowest BCUT2D eigenvalue weighted by atomic mass is 10.1. The van der Waals surface area contributed by atoms with Gasteiger partial charge < -0.3 is 9.88 Å². The number of aryl methyl sites for hydroxylation is 1. The molecule has 0 aliphatic carbocycles. The van der Waals surface area contributed by atoms with Gasteiger partial charge in [0.1, 0.15) is 0 Å². The summed E-state index contributed by atoms with van der Waals surface area (Å²) in [6.45, 7) is 2.74. The van der Waals surface area contributed by atoms with E-state index >= 15 is 0 Å². The molecule has 0 amide bonds. The van der Waals surface area contributed by atoms with E-state index in [0.717, 1.165) is 29.9 Å². The van der Waals surface area contributed by atoms with Gasteiger partial charge in [0.25, 0.3) is 0 Å². The first-order valence-electron chi connectivity index (χ1n) is 6.53. The highest BCUT2D eigenvalue weighted by molar-refractivity contribution is 5.96. The molecule has 0 fully saturated rings. The lowest BCUT2D eigenvalue weighted by Crippen LogP contribution is -2.04. The SMILES string of the molecule is CCCC(=O)c1ccc(NCc2cncn2C)cc1. The number of benzene rings is 1. The number of ketones is 1. The van der Waals surface area contributed by atoms with Crippen LogP contribution >= 0.6 is 0 Å². The number of anilines is 1. The van der Waals surface area contributed by atoms with Crippen LogP contribution in [0.1, 0.15) is 35.8 Å². The largest absolute Gasteiger partial charge is 0.379 e. The Balaban J connectivity index is 1.95. The molecule has 0 bridgehead atoms. The number of carbonyl (C=O) groups is 1. The van der Waals surface area contributed by atoms with Crippen molar-refractivity contribution < 1.29 is 4.79 Å².